The minimum absolute atomic E-state index is 0.0311. The molecule has 0 radical (unpaired) electrons. The molecule has 1 fully saturated rings. The largest absolute Gasteiger partial charge is 0.457 e. The van der Waals surface area contributed by atoms with E-state index in [2.05, 4.69) is 36.5 Å². The summed E-state index contributed by atoms with van der Waals surface area (Å²) >= 11 is 5.21. The van der Waals surface area contributed by atoms with E-state index in [1.54, 1.807) is 0 Å². The molecule has 1 aliphatic heterocycles. The van der Waals surface area contributed by atoms with Gasteiger partial charge in [-0.15, -0.1) is 0 Å². The summed E-state index contributed by atoms with van der Waals surface area (Å²) in [6.45, 7) is 2.08. The van der Waals surface area contributed by atoms with Crippen LogP contribution in [0.25, 0.3) is 0 Å². The van der Waals surface area contributed by atoms with Crippen molar-refractivity contribution in [2.24, 2.45) is 0 Å². The second-order valence-electron chi connectivity index (χ2n) is 4.85. The molecule has 2 unspecified atom stereocenters. The molecule has 0 spiro atoms. The van der Waals surface area contributed by atoms with Gasteiger partial charge in [0.2, 0.25) is 0 Å². The fourth-order valence-electron chi connectivity index (χ4n) is 2.58. The Morgan fingerprint density at radius 3 is 2.21 bits per heavy atom. The molecule has 0 saturated carbocycles. The fourth-order valence-corrected chi connectivity index (χ4v) is 2.87. The van der Waals surface area contributed by atoms with E-state index < -0.39 is 5.60 Å². The number of thiocarbonyl (C=S) groups is 1. The number of rotatable bonds is 2. The summed E-state index contributed by atoms with van der Waals surface area (Å²) in [7, 11) is 0. The van der Waals surface area contributed by atoms with E-state index in [4.69, 9.17) is 17.0 Å². The van der Waals surface area contributed by atoms with Gasteiger partial charge in [-0.3, -0.25) is 0 Å². The maximum atomic E-state index is 5.92. The molecule has 1 N–H and O–H groups in total. The Balaban J connectivity index is 2.06. The van der Waals surface area contributed by atoms with E-state index in [-0.39, 0.29) is 6.04 Å². The molecule has 3 heteroatoms. The highest BCUT2D eigenvalue weighted by Gasteiger charge is 2.45. The Bertz CT molecular complexity index is 584. The topological polar surface area (TPSA) is 21.3 Å². The van der Waals surface area contributed by atoms with Crippen LogP contribution in [0, 0.1) is 0 Å². The van der Waals surface area contributed by atoms with Crippen LogP contribution in [0.5, 0.6) is 0 Å². The highest BCUT2D eigenvalue weighted by atomic mass is 32.1. The van der Waals surface area contributed by atoms with Crippen molar-refractivity contribution in [2.75, 3.05) is 0 Å². The third-order valence-corrected chi connectivity index (χ3v) is 3.80. The average molecular weight is 269 g/mol. The summed E-state index contributed by atoms with van der Waals surface area (Å²) in [6, 6.07) is 20.5. The zero-order valence-corrected chi connectivity index (χ0v) is 11.5. The van der Waals surface area contributed by atoms with Crippen molar-refractivity contribution in [1.29, 1.82) is 0 Å². The predicted octanol–water partition coefficient (Wildman–Crippen LogP) is 3.55. The number of nitrogens with one attached hydrogen (secondary N) is 1. The normalized spacial score (nSPS) is 25.7. The molecule has 0 bridgehead atoms. The summed E-state index contributed by atoms with van der Waals surface area (Å²) in [5.74, 6) is 0. The summed E-state index contributed by atoms with van der Waals surface area (Å²) < 4.78 is 5.92. The second kappa shape index (κ2) is 4.67. The number of hydrogen-bond donors (Lipinski definition) is 1. The van der Waals surface area contributed by atoms with Crippen molar-refractivity contribution in [3.05, 3.63) is 71.8 Å². The molecular weight excluding hydrogens is 254 g/mol. The second-order valence-corrected chi connectivity index (χ2v) is 5.22. The molecule has 1 saturated heterocycles. The number of hydrogen-bond acceptors (Lipinski definition) is 2. The van der Waals surface area contributed by atoms with E-state index >= 15 is 0 Å². The SMILES string of the molecule is CC1(c2ccccc2)OC(=S)NC1c1ccccc1. The maximum Gasteiger partial charge on any atom is 0.258 e. The first-order chi connectivity index (χ1) is 9.20. The van der Waals surface area contributed by atoms with Crippen LogP contribution in [0.4, 0.5) is 0 Å². The van der Waals surface area contributed by atoms with Gasteiger partial charge in [-0.1, -0.05) is 60.7 Å². The molecule has 0 aromatic heterocycles. The van der Waals surface area contributed by atoms with E-state index in [0.29, 0.717) is 5.17 Å². The summed E-state index contributed by atoms with van der Waals surface area (Å²) in [6.07, 6.45) is 0. The molecule has 96 valence electrons. The van der Waals surface area contributed by atoms with Crippen molar-refractivity contribution < 1.29 is 4.74 Å². The Labute approximate surface area is 118 Å². The van der Waals surface area contributed by atoms with Crippen LogP contribution in [0.2, 0.25) is 0 Å². The quantitative estimate of drug-likeness (QED) is 0.842. The maximum absolute atomic E-state index is 5.92. The smallest absolute Gasteiger partial charge is 0.258 e. The van der Waals surface area contributed by atoms with Crippen LogP contribution < -0.4 is 5.32 Å². The van der Waals surface area contributed by atoms with Crippen LogP contribution in [0.15, 0.2) is 60.7 Å². The molecule has 2 aromatic rings. The monoisotopic (exact) mass is 269 g/mol. The Kier molecular flexibility index (Phi) is 2.99. The van der Waals surface area contributed by atoms with Gasteiger partial charge in [-0.05, 0) is 30.3 Å². The fraction of sp³-hybridized carbons (Fsp3) is 0.188. The summed E-state index contributed by atoms with van der Waals surface area (Å²) in [4.78, 5) is 0. The predicted molar refractivity (Wildman–Crippen MR) is 79.8 cm³/mol. The van der Waals surface area contributed by atoms with E-state index in [1.165, 1.54) is 5.56 Å². The first-order valence-corrected chi connectivity index (χ1v) is 6.71. The van der Waals surface area contributed by atoms with Crippen LogP contribution >= 0.6 is 12.2 Å². The van der Waals surface area contributed by atoms with Crippen LogP contribution in [-0.4, -0.2) is 5.17 Å². The third-order valence-electron chi connectivity index (χ3n) is 3.60. The standard InChI is InChI=1S/C16H15NOS/c1-16(13-10-6-3-7-11-13)14(17-15(19)18-16)12-8-4-2-5-9-12/h2-11,14H,1H3,(H,17,19). The lowest BCUT2D eigenvalue weighted by Crippen LogP contribution is -2.31. The first-order valence-electron chi connectivity index (χ1n) is 6.30. The minimum atomic E-state index is -0.473. The van der Waals surface area contributed by atoms with Gasteiger partial charge in [0.05, 0.1) is 6.04 Å². The molecular formula is C16H15NOS. The van der Waals surface area contributed by atoms with Crippen LogP contribution in [0.3, 0.4) is 0 Å². The van der Waals surface area contributed by atoms with Crippen molar-refractivity contribution >= 4 is 17.4 Å². The lowest BCUT2D eigenvalue weighted by molar-refractivity contribution is 0.0831. The highest BCUT2D eigenvalue weighted by Crippen LogP contribution is 2.42. The zero-order chi connectivity index (χ0) is 13.3. The highest BCUT2D eigenvalue weighted by molar-refractivity contribution is 7.80. The number of ether oxygens (including phenoxy) is 1. The lowest BCUT2D eigenvalue weighted by atomic mass is 9.85. The lowest BCUT2D eigenvalue weighted by Gasteiger charge is -2.29. The van der Waals surface area contributed by atoms with Crippen molar-refractivity contribution in [3.8, 4) is 0 Å². The zero-order valence-electron chi connectivity index (χ0n) is 10.7. The molecule has 2 nitrogen and oxygen atoms in total. The molecule has 0 aliphatic carbocycles. The molecule has 1 heterocycles. The summed E-state index contributed by atoms with van der Waals surface area (Å²) in [5, 5.41) is 3.73. The van der Waals surface area contributed by atoms with Crippen molar-refractivity contribution in [2.45, 2.75) is 18.6 Å². The van der Waals surface area contributed by atoms with Gasteiger partial charge in [0, 0.05) is 0 Å². The average Bonchev–Trinajstić information content (AvgIpc) is 2.77. The first kappa shape index (κ1) is 12.2. The van der Waals surface area contributed by atoms with E-state index in [0.717, 1.165) is 5.56 Å². The van der Waals surface area contributed by atoms with Gasteiger partial charge < -0.3 is 10.1 Å². The minimum Gasteiger partial charge on any atom is -0.457 e. The van der Waals surface area contributed by atoms with Crippen LogP contribution in [-0.2, 0) is 10.3 Å². The van der Waals surface area contributed by atoms with Crippen molar-refractivity contribution in [3.63, 3.8) is 0 Å². The van der Waals surface area contributed by atoms with Gasteiger partial charge in [-0.2, -0.15) is 0 Å². The Morgan fingerprint density at radius 2 is 1.58 bits per heavy atom. The molecule has 2 aromatic carbocycles. The molecule has 1 aliphatic rings. The molecule has 19 heavy (non-hydrogen) atoms. The van der Waals surface area contributed by atoms with Gasteiger partial charge in [-0.25, -0.2) is 0 Å². The Hall–Kier alpha value is -1.87. The van der Waals surface area contributed by atoms with Gasteiger partial charge in [0.25, 0.3) is 5.17 Å². The van der Waals surface area contributed by atoms with Gasteiger partial charge >= 0.3 is 0 Å². The molecule has 0 amide bonds. The number of benzene rings is 2. The Morgan fingerprint density at radius 1 is 1.00 bits per heavy atom. The summed E-state index contributed by atoms with van der Waals surface area (Å²) in [5.41, 5.74) is 1.82. The van der Waals surface area contributed by atoms with E-state index in [9.17, 15) is 0 Å². The van der Waals surface area contributed by atoms with Gasteiger partial charge in [0.1, 0.15) is 0 Å². The molecule has 2 atom stereocenters. The molecule has 3 rings (SSSR count). The third kappa shape index (κ3) is 2.10. The van der Waals surface area contributed by atoms with Gasteiger partial charge in [0.15, 0.2) is 5.60 Å². The van der Waals surface area contributed by atoms with E-state index in [1.807, 2.05) is 36.4 Å². The van der Waals surface area contributed by atoms with Crippen LogP contribution in [0.1, 0.15) is 24.1 Å². The van der Waals surface area contributed by atoms with Crippen molar-refractivity contribution in [1.82, 2.24) is 5.32 Å².